The van der Waals surface area contributed by atoms with Gasteiger partial charge in [-0.1, -0.05) is 26.0 Å². The zero-order chi connectivity index (χ0) is 15.0. The maximum Gasteiger partial charge on any atom is 0.220 e. The van der Waals surface area contributed by atoms with Crippen LogP contribution < -0.4 is 10.6 Å². The van der Waals surface area contributed by atoms with Crippen LogP contribution in [0.5, 0.6) is 0 Å². The molecule has 0 aliphatic carbocycles. The first-order chi connectivity index (χ1) is 9.52. The smallest absolute Gasteiger partial charge is 0.220 e. The van der Waals surface area contributed by atoms with Crippen LogP contribution in [0.4, 0.5) is 0 Å². The first-order valence-corrected chi connectivity index (χ1v) is 8.42. The van der Waals surface area contributed by atoms with Crippen molar-refractivity contribution in [1.82, 2.24) is 10.6 Å². The Bertz CT molecular complexity index is 403. The molecule has 0 saturated carbocycles. The van der Waals surface area contributed by atoms with Gasteiger partial charge in [0.05, 0.1) is 6.04 Å². The number of hydrogen-bond donors (Lipinski definition) is 2. The quantitative estimate of drug-likeness (QED) is 0.570. The molecule has 3 nitrogen and oxygen atoms in total. The fourth-order valence-corrected chi connectivity index (χ4v) is 2.34. The molecule has 0 heterocycles. The van der Waals surface area contributed by atoms with Crippen molar-refractivity contribution in [1.29, 1.82) is 0 Å². The van der Waals surface area contributed by atoms with Crippen LogP contribution in [0.3, 0.4) is 0 Å². The van der Waals surface area contributed by atoms with E-state index in [0.717, 1.165) is 18.5 Å². The highest BCUT2D eigenvalue weighted by molar-refractivity contribution is 7.98. The third kappa shape index (κ3) is 6.44. The van der Waals surface area contributed by atoms with Gasteiger partial charge in [-0.05, 0) is 43.8 Å². The van der Waals surface area contributed by atoms with E-state index < -0.39 is 0 Å². The highest BCUT2D eigenvalue weighted by Crippen LogP contribution is 2.18. The number of carbonyl (C=O) groups is 1. The molecule has 0 radical (unpaired) electrons. The maximum absolute atomic E-state index is 11.9. The average Bonchev–Trinajstić information content (AvgIpc) is 2.43. The Balaban J connectivity index is 2.33. The van der Waals surface area contributed by atoms with Gasteiger partial charge in [-0.25, -0.2) is 0 Å². The Morgan fingerprint density at radius 2 is 1.85 bits per heavy atom. The van der Waals surface area contributed by atoms with E-state index in [0.29, 0.717) is 12.5 Å². The molecule has 0 bridgehead atoms. The number of hydrogen-bond acceptors (Lipinski definition) is 3. The van der Waals surface area contributed by atoms with Crippen molar-refractivity contribution >= 4 is 17.7 Å². The standard InChI is InChI=1S/C16H26N2OS/c1-12(2)17-11-5-6-16(19)18-13(3)14-7-9-15(20-4)10-8-14/h7-10,12-13,17H,5-6,11H2,1-4H3,(H,18,19). The SMILES string of the molecule is CSc1ccc(C(C)NC(=O)CCCNC(C)C)cc1. The summed E-state index contributed by atoms with van der Waals surface area (Å²) in [5.41, 5.74) is 1.15. The highest BCUT2D eigenvalue weighted by Gasteiger charge is 2.09. The molecular weight excluding hydrogens is 268 g/mol. The summed E-state index contributed by atoms with van der Waals surface area (Å²) in [5, 5.41) is 6.36. The number of nitrogens with one attached hydrogen (secondary N) is 2. The molecule has 0 aromatic heterocycles. The second kappa shape index (κ2) is 9.03. The number of rotatable bonds is 8. The molecule has 1 atom stereocenters. The second-order valence-electron chi connectivity index (χ2n) is 5.27. The molecule has 0 spiro atoms. The summed E-state index contributed by atoms with van der Waals surface area (Å²) in [7, 11) is 0. The van der Waals surface area contributed by atoms with Gasteiger partial charge in [0.2, 0.25) is 5.91 Å². The molecule has 112 valence electrons. The van der Waals surface area contributed by atoms with Gasteiger partial charge in [-0.3, -0.25) is 4.79 Å². The van der Waals surface area contributed by atoms with Crippen LogP contribution in [-0.2, 0) is 4.79 Å². The molecule has 1 aromatic carbocycles. The van der Waals surface area contributed by atoms with Gasteiger partial charge in [0.15, 0.2) is 0 Å². The third-order valence-corrected chi connectivity index (χ3v) is 3.87. The molecule has 4 heteroatoms. The van der Waals surface area contributed by atoms with Gasteiger partial charge in [0.1, 0.15) is 0 Å². The lowest BCUT2D eigenvalue weighted by molar-refractivity contribution is -0.121. The molecule has 1 amide bonds. The Labute approximate surface area is 126 Å². The van der Waals surface area contributed by atoms with Crippen LogP contribution in [0.2, 0.25) is 0 Å². The largest absolute Gasteiger partial charge is 0.350 e. The third-order valence-electron chi connectivity index (χ3n) is 3.13. The van der Waals surface area contributed by atoms with Gasteiger partial charge in [-0.2, -0.15) is 0 Å². The summed E-state index contributed by atoms with van der Waals surface area (Å²) in [6.45, 7) is 7.14. The summed E-state index contributed by atoms with van der Waals surface area (Å²) in [5.74, 6) is 0.122. The van der Waals surface area contributed by atoms with Crippen LogP contribution in [0.15, 0.2) is 29.2 Å². The van der Waals surface area contributed by atoms with Crippen molar-refractivity contribution < 1.29 is 4.79 Å². The Morgan fingerprint density at radius 3 is 2.40 bits per heavy atom. The van der Waals surface area contributed by atoms with Crippen LogP contribution in [0, 0.1) is 0 Å². The lowest BCUT2D eigenvalue weighted by Gasteiger charge is -2.15. The number of benzene rings is 1. The van der Waals surface area contributed by atoms with Crippen LogP contribution in [0.25, 0.3) is 0 Å². The first kappa shape index (κ1) is 17.1. The van der Waals surface area contributed by atoms with E-state index in [1.165, 1.54) is 4.90 Å². The van der Waals surface area contributed by atoms with Crippen molar-refractivity contribution in [2.24, 2.45) is 0 Å². The minimum Gasteiger partial charge on any atom is -0.350 e. The van der Waals surface area contributed by atoms with E-state index in [-0.39, 0.29) is 11.9 Å². The molecule has 0 fully saturated rings. The molecule has 0 saturated heterocycles. The number of carbonyl (C=O) groups excluding carboxylic acids is 1. The van der Waals surface area contributed by atoms with Gasteiger partial charge in [0, 0.05) is 17.4 Å². The summed E-state index contributed by atoms with van der Waals surface area (Å²) in [6.07, 6.45) is 3.51. The van der Waals surface area contributed by atoms with E-state index in [2.05, 4.69) is 55.0 Å². The van der Waals surface area contributed by atoms with Crippen molar-refractivity contribution in [2.75, 3.05) is 12.8 Å². The Morgan fingerprint density at radius 1 is 1.20 bits per heavy atom. The lowest BCUT2D eigenvalue weighted by Crippen LogP contribution is -2.28. The van der Waals surface area contributed by atoms with Gasteiger partial charge in [-0.15, -0.1) is 11.8 Å². The van der Waals surface area contributed by atoms with E-state index in [4.69, 9.17) is 0 Å². The molecule has 1 rings (SSSR count). The van der Waals surface area contributed by atoms with Crippen LogP contribution in [0.1, 0.15) is 45.2 Å². The normalized spacial score (nSPS) is 12.4. The van der Waals surface area contributed by atoms with Gasteiger partial charge < -0.3 is 10.6 Å². The summed E-state index contributed by atoms with van der Waals surface area (Å²) >= 11 is 1.72. The van der Waals surface area contributed by atoms with Crippen molar-refractivity contribution in [3.05, 3.63) is 29.8 Å². The van der Waals surface area contributed by atoms with Crippen molar-refractivity contribution in [2.45, 2.75) is 50.6 Å². The summed E-state index contributed by atoms with van der Waals surface area (Å²) < 4.78 is 0. The minimum absolute atomic E-state index is 0.0662. The number of amides is 1. The lowest BCUT2D eigenvalue weighted by atomic mass is 10.1. The minimum atomic E-state index is 0.0662. The fourth-order valence-electron chi connectivity index (χ4n) is 1.93. The van der Waals surface area contributed by atoms with E-state index >= 15 is 0 Å². The van der Waals surface area contributed by atoms with Gasteiger partial charge in [0.25, 0.3) is 0 Å². The molecule has 1 unspecified atom stereocenters. The summed E-state index contributed by atoms with van der Waals surface area (Å²) in [4.78, 5) is 13.1. The van der Waals surface area contributed by atoms with Crippen LogP contribution >= 0.6 is 11.8 Å². The Hall–Kier alpha value is -1.00. The zero-order valence-electron chi connectivity index (χ0n) is 12.9. The van der Waals surface area contributed by atoms with E-state index in [9.17, 15) is 4.79 Å². The molecule has 2 N–H and O–H groups in total. The van der Waals surface area contributed by atoms with Gasteiger partial charge >= 0.3 is 0 Å². The molecular formula is C16H26N2OS. The van der Waals surface area contributed by atoms with E-state index in [1.54, 1.807) is 11.8 Å². The van der Waals surface area contributed by atoms with Crippen molar-refractivity contribution in [3.63, 3.8) is 0 Å². The highest BCUT2D eigenvalue weighted by atomic mass is 32.2. The average molecular weight is 294 g/mol. The van der Waals surface area contributed by atoms with Crippen molar-refractivity contribution in [3.8, 4) is 0 Å². The fraction of sp³-hybridized carbons (Fsp3) is 0.562. The predicted octanol–water partition coefficient (Wildman–Crippen LogP) is 3.36. The first-order valence-electron chi connectivity index (χ1n) is 7.19. The number of thioether (sulfide) groups is 1. The van der Waals surface area contributed by atoms with E-state index in [1.807, 2.05) is 6.92 Å². The second-order valence-corrected chi connectivity index (χ2v) is 6.15. The predicted molar refractivity (Wildman–Crippen MR) is 87.2 cm³/mol. The molecule has 0 aliphatic rings. The molecule has 20 heavy (non-hydrogen) atoms. The Kier molecular flexibility index (Phi) is 7.70. The molecule has 1 aromatic rings. The zero-order valence-corrected chi connectivity index (χ0v) is 13.7. The topological polar surface area (TPSA) is 41.1 Å². The monoisotopic (exact) mass is 294 g/mol. The maximum atomic E-state index is 11.9. The molecule has 0 aliphatic heterocycles. The summed E-state index contributed by atoms with van der Waals surface area (Å²) in [6, 6.07) is 8.89. The van der Waals surface area contributed by atoms with Crippen LogP contribution in [-0.4, -0.2) is 24.7 Å².